The number of benzene rings is 1. The van der Waals surface area contributed by atoms with Gasteiger partial charge in [0.15, 0.2) is 0 Å². The molecule has 1 aliphatic heterocycles. The van der Waals surface area contributed by atoms with Gasteiger partial charge in [0.25, 0.3) is 0 Å². The normalized spacial score (nSPS) is 17.2. The van der Waals surface area contributed by atoms with E-state index in [1.807, 2.05) is 18.2 Å². The minimum absolute atomic E-state index is 0.387. The molecule has 4 N–H and O–H groups in total. The van der Waals surface area contributed by atoms with Gasteiger partial charge in [-0.3, -0.25) is 9.69 Å². The molecule has 1 amide bonds. The van der Waals surface area contributed by atoms with Gasteiger partial charge in [-0.05, 0) is 12.0 Å². The molecule has 0 atom stereocenters. The van der Waals surface area contributed by atoms with Crippen LogP contribution in [0.1, 0.15) is 12.0 Å². The van der Waals surface area contributed by atoms with E-state index < -0.39 is 0 Å². The molecular weight excluding hydrogens is 214 g/mol. The molecule has 1 aliphatic rings. The Kier molecular flexibility index (Phi) is 3.44. The van der Waals surface area contributed by atoms with Crippen molar-refractivity contribution < 1.29 is 4.79 Å². The predicted octanol–water partition coefficient (Wildman–Crippen LogP) is 0.590. The van der Waals surface area contributed by atoms with Crippen LogP contribution in [0.4, 0.5) is 0 Å². The topological polar surface area (TPSA) is 72.3 Å². The van der Waals surface area contributed by atoms with E-state index in [1.165, 1.54) is 5.56 Å². The van der Waals surface area contributed by atoms with Gasteiger partial charge in [-0.2, -0.15) is 0 Å². The zero-order valence-electron chi connectivity index (χ0n) is 9.73. The zero-order chi connectivity index (χ0) is 12.3. The molecular formula is C13H17N3O. The fourth-order valence-corrected chi connectivity index (χ4v) is 2.10. The van der Waals surface area contributed by atoms with Crippen molar-refractivity contribution in [3.63, 3.8) is 0 Å². The van der Waals surface area contributed by atoms with Crippen molar-refractivity contribution in [2.75, 3.05) is 13.1 Å². The number of rotatable bonds is 3. The molecule has 0 aromatic heterocycles. The smallest absolute Gasteiger partial charge is 0.246 e. The number of nitrogens with zero attached hydrogens (tertiary/aromatic N) is 1. The van der Waals surface area contributed by atoms with E-state index in [2.05, 4.69) is 17.0 Å². The van der Waals surface area contributed by atoms with Gasteiger partial charge in [0, 0.05) is 30.9 Å². The second-order valence-electron chi connectivity index (χ2n) is 4.31. The quantitative estimate of drug-likeness (QED) is 0.799. The molecule has 0 saturated heterocycles. The van der Waals surface area contributed by atoms with Crippen LogP contribution in [0.5, 0.6) is 0 Å². The van der Waals surface area contributed by atoms with Crippen LogP contribution >= 0.6 is 0 Å². The number of hydrogen-bond acceptors (Lipinski definition) is 3. The van der Waals surface area contributed by atoms with Gasteiger partial charge in [-0.1, -0.05) is 30.3 Å². The molecule has 0 unspecified atom stereocenters. The van der Waals surface area contributed by atoms with Gasteiger partial charge in [-0.15, -0.1) is 0 Å². The van der Waals surface area contributed by atoms with Gasteiger partial charge >= 0.3 is 0 Å². The molecule has 17 heavy (non-hydrogen) atoms. The van der Waals surface area contributed by atoms with Crippen molar-refractivity contribution in [3.05, 3.63) is 47.2 Å². The molecule has 4 nitrogen and oxygen atoms in total. The van der Waals surface area contributed by atoms with Gasteiger partial charge in [0.2, 0.25) is 5.91 Å². The standard InChI is InChI=1S/C13H17N3O/c14-12-9-16(7-6-11(12)13(15)17)8-10-4-2-1-3-5-10/h1-5H,6-9,14H2,(H2,15,17). The Bertz CT molecular complexity index is 439. The summed E-state index contributed by atoms with van der Waals surface area (Å²) in [5, 5.41) is 0. The summed E-state index contributed by atoms with van der Waals surface area (Å²) >= 11 is 0. The number of carbonyl (C=O) groups excluding carboxylic acids is 1. The highest BCUT2D eigenvalue weighted by molar-refractivity contribution is 5.92. The van der Waals surface area contributed by atoms with Gasteiger partial charge in [-0.25, -0.2) is 0 Å². The highest BCUT2D eigenvalue weighted by atomic mass is 16.1. The molecule has 1 heterocycles. The Balaban J connectivity index is 2.02. The summed E-state index contributed by atoms with van der Waals surface area (Å²) in [6, 6.07) is 10.2. The van der Waals surface area contributed by atoms with Crippen LogP contribution in [0.3, 0.4) is 0 Å². The Hall–Kier alpha value is -1.81. The lowest BCUT2D eigenvalue weighted by molar-refractivity contribution is -0.114. The summed E-state index contributed by atoms with van der Waals surface area (Å²) in [5.74, 6) is -0.387. The van der Waals surface area contributed by atoms with Crippen LogP contribution in [0.15, 0.2) is 41.6 Å². The molecule has 0 aliphatic carbocycles. The Labute approximate surface area is 101 Å². The monoisotopic (exact) mass is 231 g/mol. The zero-order valence-corrected chi connectivity index (χ0v) is 9.73. The first-order valence-electron chi connectivity index (χ1n) is 5.70. The average Bonchev–Trinajstić information content (AvgIpc) is 2.30. The molecule has 4 heteroatoms. The Morgan fingerprint density at radius 1 is 1.29 bits per heavy atom. The van der Waals surface area contributed by atoms with Crippen LogP contribution in [-0.4, -0.2) is 23.9 Å². The van der Waals surface area contributed by atoms with Gasteiger partial charge < -0.3 is 11.5 Å². The lowest BCUT2D eigenvalue weighted by atomic mass is 10.0. The molecule has 0 saturated carbocycles. The maximum atomic E-state index is 11.1. The van der Waals surface area contributed by atoms with Gasteiger partial charge in [0.1, 0.15) is 0 Å². The summed E-state index contributed by atoms with van der Waals surface area (Å²) < 4.78 is 0. The van der Waals surface area contributed by atoms with E-state index in [9.17, 15) is 4.79 Å². The van der Waals surface area contributed by atoms with E-state index in [4.69, 9.17) is 11.5 Å². The van der Waals surface area contributed by atoms with Gasteiger partial charge in [0.05, 0.1) is 0 Å². The van der Waals surface area contributed by atoms with E-state index in [-0.39, 0.29) is 5.91 Å². The second-order valence-corrected chi connectivity index (χ2v) is 4.31. The van der Waals surface area contributed by atoms with E-state index in [0.717, 1.165) is 13.1 Å². The summed E-state index contributed by atoms with van der Waals surface area (Å²) in [6.45, 7) is 2.30. The first-order valence-corrected chi connectivity index (χ1v) is 5.70. The second kappa shape index (κ2) is 5.01. The molecule has 0 spiro atoms. The third-order valence-corrected chi connectivity index (χ3v) is 3.01. The summed E-state index contributed by atoms with van der Waals surface area (Å²) in [6.07, 6.45) is 0.647. The third kappa shape index (κ3) is 2.85. The average molecular weight is 231 g/mol. The SMILES string of the molecule is NC(=O)C1=C(N)CN(Cc2ccccc2)CC1. The maximum Gasteiger partial charge on any atom is 0.246 e. The molecule has 90 valence electrons. The molecule has 2 rings (SSSR count). The number of carbonyl (C=O) groups is 1. The molecule has 1 aromatic rings. The molecule has 1 aromatic carbocycles. The highest BCUT2D eigenvalue weighted by Gasteiger charge is 2.19. The van der Waals surface area contributed by atoms with Crippen molar-refractivity contribution in [2.24, 2.45) is 11.5 Å². The lowest BCUT2D eigenvalue weighted by Crippen LogP contribution is -2.36. The van der Waals surface area contributed by atoms with Crippen LogP contribution in [0, 0.1) is 0 Å². The summed E-state index contributed by atoms with van der Waals surface area (Å²) in [7, 11) is 0. The molecule has 0 fully saturated rings. The highest BCUT2D eigenvalue weighted by Crippen LogP contribution is 2.16. The lowest BCUT2D eigenvalue weighted by Gasteiger charge is -2.28. The predicted molar refractivity (Wildman–Crippen MR) is 66.7 cm³/mol. The van der Waals surface area contributed by atoms with Crippen molar-refractivity contribution in [2.45, 2.75) is 13.0 Å². The fraction of sp³-hybridized carbons (Fsp3) is 0.308. The minimum Gasteiger partial charge on any atom is -0.401 e. The Morgan fingerprint density at radius 2 is 2.00 bits per heavy atom. The van der Waals surface area contributed by atoms with Crippen LogP contribution < -0.4 is 11.5 Å². The largest absolute Gasteiger partial charge is 0.401 e. The Morgan fingerprint density at radius 3 is 2.59 bits per heavy atom. The first-order chi connectivity index (χ1) is 8.16. The van der Waals surface area contributed by atoms with E-state index >= 15 is 0 Å². The molecule has 0 bridgehead atoms. The molecule has 0 radical (unpaired) electrons. The third-order valence-electron chi connectivity index (χ3n) is 3.01. The number of amides is 1. The van der Waals surface area contributed by atoms with Crippen molar-refractivity contribution in [3.8, 4) is 0 Å². The summed E-state index contributed by atoms with van der Waals surface area (Å²) in [5.41, 5.74) is 13.6. The first kappa shape index (κ1) is 11.7. The van der Waals surface area contributed by atoms with E-state index in [0.29, 0.717) is 24.2 Å². The summed E-state index contributed by atoms with van der Waals surface area (Å²) in [4.78, 5) is 13.3. The van der Waals surface area contributed by atoms with Crippen molar-refractivity contribution in [1.82, 2.24) is 4.90 Å². The number of nitrogens with two attached hydrogens (primary N) is 2. The fourth-order valence-electron chi connectivity index (χ4n) is 2.10. The maximum absolute atomic E-state index is 11.1. The van der Waals surface area contributed by atoms with Crippen molar-refractivity contribution >= 4 is 5.91 Å². The number of hydrogen-bond donors (Lipinski definition) is 2. The van der Waals surface area contributed by atoms with Crippen LogP contribution in [0.25, 0.3) is 0 Å². The van der Waals surface area contributed by atoms with E-state index in [1.54, 1.807) is 0 Å². The number of primary amides is 1. The van der Waals surface area contributed by atoms with Crippen LogP contribution in [-0.2, 0) is 11.3 Å². The minimum atomic E-state index is -0.387. The van der Waals surface area contributed by atoms with Crippen LogP contribution in [0.2, 0.25) is 0 Å². The van der Waals surface area contributed by atoms with Crippen molar-refractivity contribution in [1.29, 1.82) is 0 Å².